The van der Waals surface area contributed by atoms with E-state index < -0.39 is 22.1 Å². The highest BCUT2D eigenvalue weighted by Gasteiger charge is 2.30. The molecule has 1 N–H and O–H groups in total. The Bertz CT molecular complexity index is 1240. The predicted octanol–water partition coefficient (Wildman–Crippen LogP) is 5.75. The largest absolute Gasteiger partial charge is 0.489 e. The number of aryl methyl sites for hydroxylation is 2. The van der Waals surface area contributed by atoms with E-state index in [1.54, 1.807) is 24.3 Å². The van der Waals surface area contributed by atoms with Crippen LogP contribution in [0.2, 0.25) is 5.02 Å². The average Bonchev–Trinajstić information content (AvgIpc) is 3.09. The lowest BCUT2D eigenvalue weighted by atomic mass is 10.1. The van der Waals surface area contributed by atoms with Gasteiger partial charge in [-0.05, 0) is 73.5 Å². The van der Waals surface area contributed by atoms with Gasteiger partial charge in [-0.25, -0.2) is 8.42 Å². The summed E-state index contributed by atoms with van der Waals surface area (Å²) in [5.74, 6) is -0.263. The zero-order valence-corrected chi connectivity index (χ0v) is 21.3. The second-order valence-electron chi connectivity index (χ2n) is 7.99. The van der Waals surface area contributed by atoms with Crippen molar-refractivity contribution in [2.24, 2.45) is 0 Å². The number of carbonyl (C=O) groups is 1. The lowest BCUT2D eigenvalue weighted by Gasteiger charge is -2.25. The summed E-state index contributed by atoms with van der Waals surface area (Å²) < 4.78 is 35.9. The van der Waals surface area contributed by atoms with Crippen LogP contribution in [0.15, 0.2) is 46.7 Å². The molecule has 0 aliphatic carbocycles. The number of aliphatic carboxylic acids is 1. The zero-order chi connectivity index (χ0) is 24.2. The number of hydrogen-bond acceptors (Lipinski definition) is 5. The third kappa shape index (κ3) is 6.26. The van der Waals surface area contributed by atoms with Crippen LogP contribution in [0.1, 0.15) is 37.8 Å². The van der Waals surface area contributed by atoms with Crippen LogP contribution in [0.25, 0.3) is 10.1 Å². The Morgan fingerprint density at radius 2 is 2.00 bits per heavy atom. The Balaban J connectivity index is 1.79. The van der Waals surface area contributed by atoms with E-state index in [0.717, 1.165) is 15.6 Å². The van der Waals surface area contributed by atoms with E-state index in [4.69, 9.17) is 21.4 Å². The minimum Gasteiger partial charge on any atom is -0.489 e. The Morgan fingerprint density at radius 3 is 2.70 bits per heavy atom. The quantitative estimate of drug-likeness (QED) is 0.356. The first kappa shape index (κ1) is 25.5. The van der Waals surface area contributed by atoms with Crippen LogP contribution in [0, 0.1) is 6.92 Å². The average molecular weight is 510 g/mol. The third-order valence-electron chi connectivity index (χ3n) is 5.23. The third-order valence-corrected chi connectivity index (χ3v) is 9.20. The van der Waals surface area contributed by atoms with Gasteiger partial charge in [0.15, 0.2) is 0 Å². The molecule has 1 atom stereocenters. The van der Waals surface area contributed by atoms with Crippen LogP contribution in [0.5, 0.6) is 5.75 Å². The van der Waals surface area contributed by atoms with Crippen molar-refractivity contribution >= 4 is 49.0 Å². The first-order valence-corrected chi connectivity index (χ1v) is 13.4. The van der Waals surface area contributed by atoms with Gasteiger partial charge >= 0.3 is 5.97 Å². The molecule has 0 amide bonds. The summed E-state index contributed by atoms with van der Waals surface area (Å²) in [6.07, 6.45) is 0.727. The van der Waals surface area contributed by atoms with Gasteiger partial charge in [-0.2, -0.15) is 4.31 Å². The summed E-state index contributed by atoms with van der Waals surface area (Å²) in [6, 6.07) is 12.7. The molecule has 1 aromatic heterocycles. The Morgan fingerprint density at radius 1 is 1.24 bits per heavy atom. The Hall–Kier alpha value is -2.13. The number of hydrogen-bond donors (Lipinski definition) is 1. The standard InChI is InChI=1S/C24H28ClNO5S2/c1-4-12-26(15-16(2)31-20-7-5-6-18(13-20)8-11-23(27)28)33(29,30)24-17(3)21-14-19(25)9-10-22(21)32-24/h5-7,9-10,13-14,16H,4,8,11-12,15H2,1-3H3,(H,27,28). The van der Waals surface area contributed by atoms with Crippen molar-refractivity contribution in [2.75, 3.05) is 13.1 Å². The van der Waals surface area contributed by atoms with Crippen LogP contribution in [-0.4, -0.2) is 43.0 Å². The molecule has 178 valence electrons. The number of benzene rings is 2. The van der Waals surface area contributed by atoms with E-state index in [0.29, 0.717) is 39.9 Å². The van der Waals surface area contributed by atoms with Crippen molar-refractivity contribution in [3.05, 3.63) is 58.6 Å². The van der Waals surface area contributed by atoms with Gasteiger partial charge in [0.1, 0.15) is 16.1 Å². The van der Waals surface area contributed by atoms with Crippen LogP contribution in [0.3, 0.4) is 0 Å². The SMILES string of the molecule is CCCN(CC(C)Oc1cccc(CCC(=O)O)c1)S(=O)(=O)c1sc2ccc(Cl)cc2c1C. The molecule has 33 heavy (non-hydrogen) atoms. The molecule has 0 saturated heterocycles. The number of halogens is 1. The number of ether oxygens (including phenoxy) is 1. The zero-order valence-electron chi connectivity index (χ0n) is 18.9. The highest BCUT2D eigenvalue weighted by atomic mass is 35.5. The molecule has 0 spiro atoms. The normalized spacial score (nSPS) is 12.9. The predicted molar refractivity (Wildman–Crippen MR) is 133 cm³/mol. The highest BCUT2D eigenvalue weighted by Crippen LogP contribution is 2.37. The fourth-order valence-electron chi connectivity index (χ4n) is 3.67. The van der Waals surface area contributed by atoms with Gasteiger partial charge in [0.25, 0.3) is 10.0 Å². The molecule has 2 aromatic carbocycles. The minimum atomic E-state index is -3.72. The lowest BCUT2D eigenvalue weighted by molar-refractivity contribution is -0.136. The van der Waals surface area contributed by atoms with Crippen LogP contribution in [0.4, 0.5) is 0 Å². The number of carboxylic acids is 1. The van der Waals surface area contributed by atoms with E-state index in [1.807, 2.05) is 39.0 Å². The molecular formula is C24H28ClNO5S2. The van der Waals surface area contributed by atoms with Crippen LogP contribution in [-0.2, 0) is 21.2 Å². The van der Waals surface area contributed by atoms with Crippen molar-refractivity contribution < 1.29 is 23.1 Å². The number of fused-ring (bicyclic) bond motifs is 1. The molecular weight excluding hydrogens is 482 g/mol. The number of nitrogens with zero attached hydrogens (tertiary/aromatic N) is 1. The van der Waals surface area contributed by atoms with Gasteiger partial charge in [-0.15, -0.1) is 11.3 Å². The van der Waals surface area contributed by atoms with Crippen molar-refractivity contribution in [2.45, 2.75) is 50.3 Å². The highest BCUT2D eigenvalue weighted by molar-refractivity contribution is 7.91. The summed E-state index contributed by atoms with van der Waals surface area (Å²) in [4.78, 5) is 10.8. The van der Waals surface area contributed by atoms with E-state index in [-0.39, 0.29) is 13.0 Å². The fraction of sp³-hybridized carbons (Fsp3) is 0.375. The summed E-state index contributed by atoms with van der Waals surface area (Å²) in [5, 5.41) is 10.3. The maximum absolute atomic E-state index is 13.6. The van der Waals surface area contributed by atoms with Crippen molar-refractivity contribution in [3.63, 3.8) is 0 Å². The van der Waals surface area contributed by atoms with Crippen molar-refractivity contribution in [1.82, 2.24) is 4.31 Å². The molecule has 3 rings (SSSR count). The lowest BCUT2D eigenvalue weighted by Crippen LogP contribution is -2.39. The summed E-state index contributed by atoms with van der Waals surface area (Å²) in [5.41, 5.74) is 1.57. The molecule has 1 heterocycles. The maximum atomic E-state index is 13.6. The number of thiophene rings is 1. The van der Waals surface area contributed by atoms with Gasteiger partial charge in [0.2, 0.25) is 0 Å². The number of sulfonamides is 1. The molecule has 0 fully saturated rings. The van der Waals surface area contributed by atoms with Gasteiger partial charge in [0, 0.05) is 22.7 Å². The summed E-state index contributed by atoms with van der Waals surface area (Å²) in [6.45, 7) is 6.17. The van der Waals surface area contributed by atoms with Gasteiger partial charge in [0.05, 0.1) is 6.54 Å². The molecule has 0 aliphatic rings. The first-order chi connectivity index (χ1) is 15.6. The smallest absolute Gasteiger partial charge is 0.303 e. The maximum Gasteiger partial charge on any atom is 0.303 e. The van der Waals surface area contributed by atoms with E-state index in [9.17, 15) is 13.2 Å². The van der Waals surface area contributed by atoms with E-state index in [2.05, 4.69) is 0 Å². The Kier molecular flexibility index (Phi) is 8.39. The van der Waals surface area contributed by atoms with E-state index >= 15 is 0 Å². The molecule has 1 unspecified atom stereocenters. The molecule has 0 radical (unpaired) electrons. The van der Waals surface area contributed by atoms with Gasteiger partial charge in [-0.1, -0.05) is 30.7 Å². The second-order valence-corrected chi connectivity index (χ2v) is 11.6. The Labute approximate surface area is 203 Å². The molecule has 0 bridgehead atoms. The summed E-state index contributed by atoms with van der Waals surface area (Å²) in [7, 11) is -3.72. The number of carboxylic acid groups (broad SMARTS) is 1. The molecule has 3 aromatic rings. The van der Waals surface area contributed by atoms with E-state index in [1.165, 1.54) is 15.6 Å². The summed E-state index contributed by atoms with van der Waals surface area (Å²) >= 11 is 7.38. The van der Waals surface area contributed by atoms with Crippen LogP contribution >= 0.6 is 22.9 Å². The molecule has 0 saturated carbocycles. The number of rotatable bonds is 11. The van der Waals surface area contributed by atoms with Gasteiger partial charge < -0.3 is 9.84 Å². The molecule has 6 nitrogen and oxygen atoms in total. The van der Waals surface area contributed by atoms with Gasteiger partial charge in [-0.3, -0.25) is 4.79 Å². The second kappa shape index (κ2) is 10.9. The topological polar surface area (TPSA) is 83.9 Å². The molecule has 0 aliphatic heterocycles. The minimum absolute atomic E-state index is 0.0429. The monoisotopic (exact) mass is 509 g/mol. The fourth-order valence-corrected chi connectivity index (χ4v) is 7.34. The van der Waals surface area contributed by atoms with Crippen LogP contribution < -0.4 is 4.74 Å². The van der Waals surface area contributed by atoms with Crippen molar-refractivity contribution in [3.8, 4) is 5.75 Å². The van der Waals surface area contributed by atoms with Crippen molar-refractivity contribution in [1.29, 1.82) is 0 Å². The molecule has 9 heteroatoms. The first-order valence-electron chi connectivity index (χ1n) is 10.8.